The van der Waals surface area contributed by atoms with Gasteiger partial charge in [-0.2, -0.15) is 0 Å². The third-order valence-corrected chi connectivity index (χ3v) is 5.27. The summed E-state index contributed by atoms with van der Waals surface area (Å²) < 4.78 is 11.4. The van der Waals surface area contributed by atoms with Crippen molar-refractivity contribution < 1.29 is 14.0 Å². The van der Waals surface area contributed by atoms with Crippen molar-refractivity contribution in [1.29, 1.82) is 0 Å². The second-order valence-corrected chi connectivity index (χ2v) is 9.47. The van der Waals surface area contributed by atoms with Gasteiger partial charge in [-0.15, -0.1) is 0 Å². The first-order valence-electron chi connectivity index (χ1n) is 6.51. The Morgan fingerprint density at radius 3 is 2.82 bits per heavy atom. The van der Waals surface area contributed by atoms with Crippen LogP contribution in [0.2, 0.25) is 19.1 Å². The number of allylic oxidation sites excluding steroid dienone is 1. The van der Waals surface area contributed by atoms with E-state index in [0.717, 1.165) is 24.6 Å². The molecule has 0 bridgehead atoms. The van der Waals surface area contributed by atoms with Gasteiger partial charge in [0.05, 0.1) is 0 Å². The van der Waals surface area contributed by atoms with Crippen molar-refractivity contribution >= 4 is 14.3 Å². The number of hydrogen-bond donors (Lipinski definition) is 0. The fraction of sp³-hybridized carbons (Fsp3) is 0.769. The summed E-state index contributed by atoms with van der Waals surface area (Å²) in [6.07, 6.45) is 6.17. The van der Waals surface area contributed by atoms with Crippen LogP contribution in [0, 0.1) is 0 Å². The quantitative estimate of drug-likeness (QED) is 0.538. The van der Waals surface area contributed by atoms with Crippen LogP contribution in [0.15, 0.2) is 11.8 Å². The predicted molar refractivity (Wildman–Crippen MR) is 71.2 cm³/mol. The smallest absolute Gasteiger partial charge is 0.303 e. The van der Waals surface area contributed by atoms with Gasteiger partial charge in [0.2, 0.25) is 8.32 Å². The highest BCUT2D eigenvalue weighted by Crippen LogP contribution is 2.28. The summed E-state index contributed by atoms with van der Waals surface area (Å²) >= 11 is 0. The Kier molecular flexibility index (Phi) is 5.24. The van der Waals surface area contributed by atoms with Crippen molar-refractivity contribution in [3.63, 3.8) is 0 Å². The minimum absolute atomic E-state index is 0.138. The van der Waals surface area contributed by atoms with Crippen molar-refractivity contribution in [3.8, 4) is 0 Å². The van der Waals surface area contributed by atoms with Crippen LogP contribution < -0.4 is 0 Å². The van der Waals surface area contributed by atoms with Gasteiger partial charge in [0.15, 0.2) is 6.10 Å². The Balaban J connectivity index is 2.51. The molecule has 1 atom stereocenters. The van der Waals surface area contributed by atoms with Gasteiger partial charge in [0.25, 0.3) is 0 Å². The second-order valence-electron chi connectivity index (χ2n) is 5.25. The SMILES string of the molecule is CCCC[Si](C)(C)OC1=CCCC1OC(C)=O. The van der Waals surface area contributed by atoms with E-state index in [9.17, 15) is 4.79 Å². The van der Waals surface area contributed by atoms with Crippen molar-refractivity contribution in [1.82, 2.24) is 0 Å². The highest BCUT2D eigenvalue weighted by Gasteiger charge is 2.30. The number of ether oxygens (including phenoxy) is 1. The van der Waals surface area contributed by atoms with Gasteiger partial charge in [0.1, 0.15) is 5.76 Å². The van der Waals surface area contributed by atoms with E-state index in [1.807, 2.05) is 0 Å². The summed E-state index contributed by atoms with van der Waals surface area (Å²) in [5.41, 5.74) is 0. The third-order valence-electron chi connectivity index (χ3n) is 2.93. The first-order chi connectivity index (χ1) is 7.94. The molecule has 4 heteroatoms. The molecule has 0 saturated heterocycles. The van der Waals surface area contributed by atoms with E-state index in [1.54, 1.807) is 0 Å². The lowest BCUT2D eigenvalue weighted by Crippen LogP contribution is -2.32. The summed E-state index contributed by atoms with van der Waals surface area (Å²) in [6.45, 7) is 8.11. The van der Waals surface area contributed by atoms with Crippen LogP contribution >= 0.6 is 0 Å². The number of unbranched alkanes of at least 4 members (excludes halogenated alkanes) is 1. The molecule has 1 aliphatic rings. The average molecular weight is 256 g/mol. The molecular weight excluding hydrogens is 232 g/mol. The lowest BCUT2D eigenvalue weighted by Gasteiger charge is -2.27. The van der Waals surface area contributed by atoms with Crippen LogP contribution in [0.1, 0.15) is 39.5 Å². The summed E-state index contributed by atoms with van der Waals surface area (Å²) in [4.78, 5) is 11.0. The Hall–Kier alpha value is -0.773. The van der Waals surface area contributed by atoms with Gasteiger partial charge >= 0.3 is 5.97 Å². The molecule has 98 valence electrons. The van der Waals surface area contributed by atoms with Crippen LogP contribution in [0.25, 0.3) is 0 Å². The zero-order valence-corrected chi connectivity index (χ0v) is 12.4. The Bertz CT molecular complexity index is 297. The van der Waals surface area contributed by atoms with Gasteiger partial charge in [-0.3, -0.25) is 4.79 Å². The van der Waals surface area contributed by atoms with Crippen LogP contribution in [-0.2, 0) is 14.0 Å². The number of rotatable bonds is 6. The molecule has 0 spiro atoms. The number of hydrogen-bond acceptors (Lipinski definition) is 3. The third kappa shape index (κ3) is 4.94. The van der Waals surface area contributed by atoms with Crippen molar-refractivity contribution in [2.45, 2.75) is 64.8 Å². The first kappa shape index (κ1) is 14.3. The van der Waals surface area contributed by atoms with E-state index in [0.29, 0.717) is 0 Å². The molecule has 0 radical (unpaired) electrons. The van der Waals surface area contributed by atoms with Gasteiger partial charge in [-0.25, -0.2) is 0 Å². The van der Waals surface area contributed by atoms with Crippen LogP contribution in [0.3, 0.4) is 0 Å². The zero-order valence-electron chi connectivity index (χ0n) is 11.4. The second kappa shape index (κ2) is 6.24. The molecule has 1 unspecified atom stereocenters. The largest absolute Gasteiger partial charge is 0.545 e. The van der Waals surface area contributed by atoms with Crippen molar-refractivity contribution in [2.24, 2.45) is 0 Å². The fourth-order valence-corrected chi connectivity index (χ4v) is 4.21. The molecule has 0 saturated carbocycles. The Morgan fingerprint density at radius 2 is 2.24 bits per heavy atom. The van der Waals surface area contributed by atoms with E-state index >= 15 is 0 Å². The zero-order chi connectivity index (χ0) is 12.9. The maximum atomic E-state index is 11.0. The highest BCUT2D eigenvalue weighted by atomic mass is 28.4. The van der Waals surface area contributed by atoms with Crippen molar-refractivity contribution in [3.05, 3.63) is 11.8 Å². The monoisotopic (exact) mass is 256 g/mol. The minimum Gasteiger partial charge on any atom is -0.545 e. The standard InChI is InChI=1S/C13H24O3Si/c1-5-6-10-17(3,4)16-13-9-7-8-12(13)15-11(2)14/h9,12H,5-8,10H2,1-4H3. The highest BCUT2D eigenvalue weighted by molar-refractivity contribution is 6.71. The summed E-state index contributed by atoms with van der Waals surface area (Å²) in [7, 11) is -1.64. The molecular formula is C13H24O3Si. The normalized spacial score (nSPS) is 20.0. The van der Waals surface area contributed by atoms with E-state index < -0.39 is 8.32 Å². The maximum Gasteiger partial charge on any atom is 0.303 e. The van der Waals surface area contributed by atoms with Gasteiger partial charge in [-0.1, -0.05) is 19.8 Å². The van der Waals surface area contributed by atoms with E-state index in [2.05, 4.69) is 26.1 Å². The number of carbonyl (C=O) groups excluding carboxylic acids is 1. The molecule has 1 rings (SSSR count). The first-order valence-corrected chi connectivity index (χ1v) is 9.62. The van der Waals surface area contributed by atoms with Crippen LogP contribution in [0.5, 0.6) is 0 Å². The fourth-order valence-electron chi connectivity index (χ4n) is 2.05. The van der Waals surface area contributed by atoms with E-state index in [4.69, 9.17) is 9.16 Å². The molecule has 3 nitrogen and oxygen atoms in total. The van der Waals surface area contributed by atoms with Gasteiger partial charge in [0, 0.05) is 6.92 Å². The minimum atomic E-state index is -1.64. The lowest BCUT2D eigenvalue weighted by molar-refractivity contribution is -0.145. The summed E-state index contributed by atoms with van der Waals surface area (Å²) in [5.74, 6) is 0.674. The molecule has 0 aromatic carbocycles. The molecule has 1 aliphatic carbocycles. The summed E-state index contributed by atoms with van der Waals surface area (Å²) in [5, 5.41) is 0. The molecule has 0 heterocycles. The molecule has 0 aromatic heterocycles. The van der Waals surface area contributed by atoms with Crippen LogP contribution in [-0.4, -0.2) is 20.4 Å². The van der Waals surface area contributed by atoms with Crippen LogP contribution in [0.4, 0.5) is 0 Å². The molecule has 0 fully saturated rings. The lowest BCUT2D eigenvalue weighted by atomic mass is 10.3. The summed E-state index contributed by atoms with van der Waals surface area (Å²) in [6, 6.07) is 1.16. The predicted octanol–water partition coefficient (Wildman–Crippen LogP) is 3.62. The van der Waals surface area contributed by atoms with E-state index in [-0.39, 0.29) is 12.1 Å². The average Bonchev–Trinajstić information content (AvgIpc) is 2.61. The van der Waals surface area contributed by atoms with Crippen molar-refractivity contribution in [2.75, 3.05) is 0 Å². The molecule has 17 heavy (non-hydrogen) atoms. The topological polar surface area (TPSA) is 35.5 Å². The van der Waals surface area contributed by atoms with E-state index in [1.165, 1.54) is 19.8 Å². The molecule has 0 amide bonds. The molecule has 0 aliphatic heterocycles. The number of esters is 1. The molecule has 0 aromatic rings. The maximum absolute atomic E-state index is 11.0. The Morgan fingerprint density at radius 1 is 1.53 bits per heavy atom. The van der Waals surface area contributed by atoms with Gasteiger partial charge < -0.3 is 9.16 Å². The van der Waals surface area contributed by atoms with Gasteiger partial charge in [-0.05, 0) is 38.1 Å². The Labute approximate surface area is 105 Å². The number of carbonyl (C=O) groups is 1. The molecule has 0 N–H and O–H groups in total.